The van der Waals surface area contributed by atoms with E-state index in [0.717, 1.165) is 49.1 Å². The number of anilines is 1. The molecule has 0 aliphatic rings. The van der Waals surface area contributed by atoms with Gasteiger partial charge >= 0.3 is 0 Å². The fourth-order valence-corrected chi connectivity index (χ4v) is 3.45. The Morgan fingerprint density at radius 2 is 1.89 bits per heavy atom. The van der Waals surface area contributed by atoms with Crippen LogP contribution in [-0.4, -0.2) is 37.6 Å². The van der Waals surface area contributed by atoms with Gasteiger partial charge in [-0.15, -0.1) is 35.3 Å². The van der Waals surface area contributed by atoms with Gasteiger partial charge in [0.1, 0.15) is 5.01 Å². The summed E-state index contributed by atoms with van der Waals surface area (Å²) in [6.45, 7) is 9.71. The maximum atomic E-state index is 4.65. The number of unbranched alkanes of at least 4 members (excludes halogenated alkanes) is 1. The first-order valence-electron chi connectivity index (χ1n) is 9.31. The third kappa shape index (κ3) is 8.47. The maximum absolute atomic E-state index is 4.65. The van der Waals surface area contributed by atoms with Crippen molar-refractivity contribution in [2.45, 2.75) is 40.2 Å². The number of aromatic nitrogens is 1. The van der Waals surface area contributed by atoms with Crippen molar-refractivity contribution >= 4 is 47.0 Å². The number of halogens is 1. The highest BCUT2D eigenvalue weighted by Gasteiger charge is 2.04. The van der Waals surface area contributed by atoms with E-state index in [-0.39, 0.29) is 24.0 Å². The quantitative estimate of drug-likeness (QED) is 0.232. The number of guanidine groups is 1. The van der Waals surface area contributed by atoms with E-state index in [1.807, 2.05) is 0 Å². The van der Waals surface area contributed by atoms with Crippen LogP contribution < -0.4 is 15.5 Å². The number of para-hydroxylation sites is 1. The molecule has 27 heavy (non-hydrogen) atoms. The number of thiazole rings is 1. The molecule has 0 amide bonds. The van der Waals surface area contributed by atoms with Crippen molar-refractivity contribution < 1.29 is 0 Å². The van der Waals surface area contributed by atoms with E-state index in [2.05, 4.69) is 83.7 Å². The lowest BCUT2D eigenvalue weighted by Gasteiger charge is -2.19. The molecular formula is C20H32IN5S. The lowest BCUT2D eigenvalue weighted by atomic mass is 10.2. The van der Waals surface area contributed by atoms with Gasteiger partial charge in [0.2, 0.25) is 0 Å². The Labute approximate surface area is 184 Å². The van der Waals surface area contributed by atoms with Crippen LogP contribution in [0.2, 0.25) is 0 Å². The Morgan fingerprint density at radius 3 is 2.52 bits per heavy atom. The summed E-state index contributed by atoms with van der Waals surface area (Å²) in [6.07, 6.45) is 2.25. The van der Waals surface area contributed by atoms with Gasteiger partial charge in [-0.05, 0) is 45.7 Å². The number of nitrogens with zero attached hydrogens (tertiary/aromatic N) is 3. The second kappa shape index (κ2) is 12.9. The molecule has 1 aromatic carbocycles. The van der Waals surface area contributed by atoms with Crippen molar-refractivity contribution in [3.8, 4) is 0 Å². The molecule has 0 bridgehead atoms. The van der Waals surface area contributed by atoms with Gasteiger partial charge in [0.25, 0.3) is 0 Å². The number of aryl methyl sites for hydroxylation is 2. The molecular weight excluding hydrogens is 469 g/mol. The number of nitrogens with one attached hydrogen (secondary N) is 2. The average molecular weight is 501 g/mol. The van der Waals surface area contributed by atoms with Gasteiger partial charge in [-0.1, -0.05) is 18.2 Å². The predicted molar refractivity (Wildman–Crippen MR) is 129 cm³/mol. The number of aliphatic imine (C=N–C) groups is 1. The van der Waals surface area contributed by atoms with Crippen molar-refractivity contribution in [2.75, 3.05) is 31.6 Å². The van der Waals surface area contributed by atoms with E-state index < -0.39 is 0 Å². The number of hydrogen-bond donors (Lipinski definition) is 2. The molecule has 7 heteroatoms. The highest BCUT2D eigenvalue weighted by molar-refractivity contribution is 14.0. The van der Waals surface area contributed by atoms with Gasteiger partial charge in [-0.2, -0.15) is 0 Å². The van der Waals surface area contributed by atoms with Crippen LogP contribution in [0.1, 0.15) is 35.3 Å². The number of benzene rings is 1. The molecule has 150 valence electrons. The SMILES string of the molecule is CCNC(=NCc1nc(C)c(C)s1)NCCCCN(C)c1ccccc1.I. The Bertz CT molecular complexity index is 667. The van der Waals surface area contributed by atoms with Crippen LogP contribution in [0.3, 0.4) is 0 Å². The van der Waals surface area contributed by atoms with Crippen LogP contribution in [0.25, 0.3) is 0 Å². The minimum atomic E-state index is 0. The summed E-state index contributed by atoms with van der Waals surface area (Å²) in [7, 11) is 2.15. The van der Waals surface area contributed by atoms with Gasteiger partial charge in [-0.3, -0.25) is 0 Å². The molecule has 0 aliphatic carbocycles. The van der Waals surface area contributed by atoms with Crippen LogP contribution in [0.5, 0.6) is 0 Å². The van der Waals surface area contributed by atoms with Gasteiger partial charge in [0.15, 0.2) is 5.96 Å². The predicted octanol–water partition coefficient (Wildman–Crippen LogP) is 4.35. The fourth-order valence-electron chi connectivity index (χ4n) is 2.59. The molecule has 0 unspecified atom stereocenters. The summed E-state index contributed by atoms with van der Waals surface area (Å²) in [5.74, 6) is 0.870. The Kier molecular flexibility index (Phi) is 11.3. The van der Waals surface area contributed by atoms with E-state index in [9.17, 15) is 0 Å². The van der Waals surface area contributed by atoms with Crippen LogP contribution in [0.15, 0.2) is 35.3 Å². The van der Waals surface area contributed by atoms with Gasteiger partial charge in [0.05, 0.1) is 12.2 Å². The summed E-state index contributed by atoms with van der Waals surface area (Å²) in [4.78, 5) is 12.8. The molecule has 2 N–H and O–H groups in total. The van der Waals surface area contributed by atoms with E-state index in [0.29, 0.717) is 6.54 Å². The third-order valence-corrected chi connectivity index (χ3v) is 5.26. The second-order valence-corrected chi connectivity index (χ2v) is 7.62. The Morgan fingerprint density at radius 1 is 1.15 bits per heavy atom. The maximum Gasteiger partial charge on any atom is 0.191 e. The van der Waals surface area contributed by atoms with Crippen molar-refractivity contribution in [3.05, 3.63) is 45.9 Å². The third-order valence-electron chi connectivity index (χ3n) is 4.20. The highest BCUT2D eigenvalue weighted by atomic mass is 127. The first-order chi connectivity index (χ1) is 12.6. The molecule has 2 rings (SSSR count). The average Bonchev–Trinajstić information content (AvgIpc) is 2.97. The van der Waals surface area contributed by atoms with E-state index in [1.165, 1.54) is 10.6 Å². The summed E-state index contributed by atoms with van der Waals surface area (Å²) in [5, 5.41) is 7.80. The molecule has 1 aromatic heterocycles. The molecule has 0 fully saturated rings. The molecule has 0 aliphatic heterocycles. The zero-order valence-corrected chi connectivity index (χ0v) is 19.9. The monoisotopic (exact) mass is 501 g/mol. The summed E-state index contributed by atoms with van der Waals surface area (Å²) in [5.41, 5.74) is 2.38. The zero-order valence-electron chi connectivity index (χ0n) is 16.8. The lowest BCUT2D eigenvalue weighted by molar-refractivity contribution is 0.687. The molecule has 0 radical (unpaired) electrons. The standard InChI is InChI=1S/C20H31N5S.HI/c1-5-21-20(23-15-19-24-16(2)17(3)26-19)22-13-9-10-14-25(4)18-11-7-6-8-12-18;/h6-8,11-12H,5,9-10,13-15H2,1-4H3,(H2,21,22,23);1H. The minimum absolute atomic E-state index is 0. The zero-order chi connectivity index (χ0) is 18.8. The van der Waals surface area contributed by atoms with Gasteiger partial charge in [0, 0.05) is 37.2 Å². The summed E-state index contributed by atoms with van der Waals surface area (Å²) >= 11 is 1.73. The van der Waals surface area contributed by atoms with Crippen LogP contribution in [0.4, 0.5) is 5.69 Å². The largest absolute Gasteiger partial charge is 0.375 e. The van der Waals surface area contributed by atoms with E-state index >= 15 is 0 Å². The van der Waals surface area contributed by atoms with Gasteiger partial charge in [-0.25, -0.2) is 9.98 Å². The second-order valence-electron chi connectivity index (χ2n) is 6.34. The van der Waals surface area contributed by atoms with Gasteiger partial charge < -0.3 is 15.5 Å². The molecule has 0 saturated carbocycles. The Balaban J connectivity index is 0.00000364. The lowest BCUT2D eigenvalue weighted by Crippen LogP contribution is -2.38. The molecule has 0 atom stereocenters. The molecule has 0 saturated heterocycles. The molecule has 1 heterocycles. The highest BCUT2D eigenvalue weighted by Crippen LogP contribution is 2.17. The molecule has 2 aromatic rings. The van der Waals surface area contributed by atoms with Crippen LogP contribution in [-0.2, 0) is 6.54 Å². The van der Waals surface area contributed by atoms with E-state index in [1.54, 1.807) is 11.3 Å². The Hall–Kier alpha value is -1.35. The molecule has 0 spiro atoms. The van der Waals surface area contributed by atoms with Crippen LogP contribution >= 0.6 is 35.3 Å². The van der Waals surface area contributed by atoms with Crippen molar-refractivity contribution in [3.63, 3.8) is 0 Å². The topological polar surface area (TPSA) is 52.6 Å². The van der Waals surface area contributed by atoms with Crippen LogP contribution in [0, 0.1) is 13.8 Å². The molecule has 5 nitrogen and oxygen atoms in total. The van der Waals surface area contributed by atoms with E-state index in [4.69, 9.17) is 0 Å². The fraction of sp³-hybridized carbons (Fsp3) is 0.500. The normalized spacial score (nSPS) is 11.0. The smallest absolute Gasteiger partial charge is 0.191 e. The van der Waals surface area contributed by atoms with Crippen molar-refractivity contribution in [2.24, 2.45) is 4.99 Å². The summed E-state index contributed by atoms with van der Waals surface area (Å²) in [6, 6.07) is 10.5. The van der Waals surface area contributed by atoms with Crippen molar-refractivity contribution in [1.29, 1.82) is 0 Å². The number of rotatable bonds is 9. The summed E-state index contributed by atoms with van der Waals surface area (Å²) < 4.78 is 0. The minimum Gasteiger partial charge on any atom is -0.375 e. The first kappa shape index (κ1) is 23.7. The number of hydrogen-bond acceptors (Lipinski definition) is 4. The first-order valence-corrected chi connectivity index (χ1v) is 10.1. The van der Waals surface area contributed by atoms with Crippen molar-refractivity contribution in [1.82, 2.24) is 15.6 Å².